The van der Waals surface area contributed by atoms with E-state index in [0.29, 0.717) is 15.6 Å². The quantitative estimate of drug-likeness (QED) is 0.165. The average molecular weight is 532 g/mol. The number of hydrogen-bond donors (Lipinski definition) is 1. The number of sulfonamides is 1. The molecule has 15 heteroatoms. The Morgan fingerprint density at radius 3 is 2.31 bits per heavy atom. The van der Waals surface area contributed by atoms with E-state index in [1.807, 2.05) is 0 Å². The number of rotatable bonds is 11. The normalized spacial score (nSPS) is 11.6. The Morgan fingerprint density at radius 1 is 1.03 bits per heavy atom. The largest absolute Gasteiger partial charge is 0.295 e. The van der Waals surface area contributed by atoms with Gasteiger partial charge >= 0.3 is 0 Å². The number of hydrazone groups is 1. The topological polar surface area (TPSA) is 174 Å². The third-order valence-electron chi connectivity index (χ3n) is 4.83. The molecule has 0 bridgehead atoms. The molecule has 36 heavy (non-hydrogen) atoms. The van der Waals surface area contributed by atoms with Gasteiger partial charge in [0.2, 0.25) is 10.0 Å². The summed E-state index contributed by atoms with van der Waals surface area (Å²) in [4.78, 5) is 30.1. The minimum absolute atomic E-state index is 0.0438. The SMILES string of the molecule is CCN(CC)S(=O)(=O)c1ccc(N/N=C\c2ccc(Sc3ncccn3)c([N+](=O)[O-])c2)c([N+](=O)[O-])c1. The van der Waals surface area contributed by atoms with Crippen LogP contribution in [0.25, 0.3) is 0 Å². The maximum atomic E-state index is 12.7. The molecule has 0 saturated heterocycles. The third kappa shape index (κ3) is 6.18. The van der Waals surface area contributed by atoms with E-state index < -0.39 is 25.6 Å². The van der Waals surface area contributed by atoms with E-state index in [0.717, 1.165) is 17.8 Å². The lowest BCUT2D eigenvalue weighted by Gasteiger charge is -2.18. The highest BCUT2D eigenvalue weighted by Crippen LogP contribution is 2.33. The van der Waals surface area contributed by atoms with E-state index in [9.17, 15) is 28.6 Å². The van der Waals surface area contributed by atoms with Crippen molar-refractivity contribution in [1.82, 2.24) is 14.3 Å². The summed E-state index contributed by atoms with van der Waals surface area (Å²) in [6.07, 6.45) is 4.31. The molecule has 0 spiro atoms. The summed E-state index contributed by atoms with van der Waals surface area (Å²) in [5, 5.41) is 27.4. The van der Waals surface area contributed by atoms with E-state index in [2.05, 4.69) is 20.5 Å². The first-order valence-electron chi connectivity index (χ1n) is 10.5. The number of nitrogens with one attached hydrogen (secondary N) is 1. The maximum absolute atomic E-state index is 12.7. The van der Waals surface area contributed by atoms with Gasteiger partial charge in [-0.15, -0.1) is 0 Å². The summed E-state index contributed by atoms with van der Waals surface area (Å²) in [5.74, 6) is 0. The molecular formula is C21H21N7O6S2. The van der Waals surface area contributed by atoms with Gasteiger partial charge in [0.1, 0.15) is 5.69 Å². The van der Waals surface area contributed by atoms with Crippen molar-refractivity contribution in [1.29, 1.82) is 0 Å². The zero-order chi connectivity index (χ0) is 26.3. The van der Waals surface area contributed by atoms with Gasteiger partial charge in [0, 0.05) is 43.2 Å². The van der Waals surface area contributed by atoms with Crippen LogP contribution in [-0.4, -0.2) is 51.8 Å². The molecule has 0 aliphatic carbocycles. The predicted octanol–water partition coefficient (Wildman–Crippen LogP) is 3.92. The van der Waals surface area contributed by atoms with Crippen LogP contribution in [0.3, 0.4) is 0 Å². The van der Waals surface area contributed by atoms with Gasteiger partial charge in [-0.05, 0) is 36.0 Å². The van der Waals surface area contributed by atoms with Crippen LogP contribution in [0.4, 0.5) is 17.1 Å². The van der Waals surface area contributed by atoms with Crippen molar-refractivity contribution >= 4 is 45.1 Å². The second-order valence-electron chi connectivity index (χ2n) is 7.01. The summed E-state index contributed by atoms with van der Waals surface area (Å²) < 4.78 is 26.6. The molecule has 1 N–H and O–H groups in total. The molecule has 0 atom stereocenters. The standard InChI is InChI=1S/C21H21N7O6S2/c1-3-26(4-2)36(33,34)16-7-8-17(18(13-16)27(29)30)25-24-14-15-6-9-20(19(12-15)28(31)32)35-21-22-10-5-11-23-21/h5-14,25H,3-4H2,1-2H3/b24-14-. The van der Waals surface area contributed by atoms with Gasteiger partial charge in [0.15, 0.2) is 5.16 Å². The van der Waals surface area contributed by atoms with E-state index in [4.69, 9.17) is 0 Å². The lowest BCUT2D eigenvalue weighted by molar-refractivity contribution is -0.387. The second kappa shape index (κ2) is 11.7. The van der Waals surface area contributed by atoms with Gasteiger partial charge in [-0.3, -0.25) is 25.7 Å². The lowest BCUT2D eigenvalue weighted by atomic mass is 10.2. The van der Waals surface area contributed by atoms with Gasteiger partial charge in [-0.25, -0.2) is 18.4 Å². The van der Waals surface area contributed by atoms with Crippen LogP contribution in [0.2, 0.25) is 0 Å². The highest BCUT2D eigenvalue weighted by atomic mass is 32.2. The minimum atomic E-state index is -3.89. The van der Waals surface area contributed by atoms with Gasteiger partial charge < -0.3 is 0 Å². The number of anilines is 1. The van der Waals surface area contributed by atoms with Crippen LogP contribution in [-0.2, 0) is 10.0 Å². The first-order valence-corrected chi connectivity index (χ1v) is 12.7. The molecule has 0 saturated carbocycles. The summed E-state index contributed by atoms with van der Waals surface area (Å²) in [6.45, 7) is 3.79. The molecular weight excluding hydrogens is 510 g/mol. The molecule has 2 aromatic carbocycles. The fourth-order valence-electron chi connectivity index (χ4n) is 3.09. The molecule has 0 unspecified atom stereocenters. The first kappa shape index (κ1) is 26.7. The summed E-state index contributed by atoms with van der Waals surface area (Å²) in [6, 6.07) is 9.49. The van der Waals surface area contributed by atoms with Crippen LogP contribution in [0.15, 0.2) is 74.9 Å². The number of aromatic nitrogens is 2. The lowest BCUT2D eigenvalue weighted by Crippen LogP contribution is -2.30. The maximum Gasteiger partial charge on any atom is 0.295 e. The van der Waals surface area contributed by atoms with Crippen LogP contribution in [0, 0.1) is 20.2 Å². The monoisotopic (exact) mass is 531 g/mol. The minimum Gasteiger partial charge on any atom is -0.272 e. The Balaban J connectivity index is 1.84. The van der Waals surface area contributed by atoms with Gasteiger partial charge in [-0.2, -0.15) is 9.41 Å². The molecule has 188 valence electrons. The number of nitro benzene ring substituents is 2. The summed E-state index contributed by atoms with van der Waals surface area (Å²) >= 11 is 1.03. The van der Waals surface area contributed by atoms with Crippen molar-refractivity contribution in [3.05, 3.63) is 80.7 Å². The predicted molar refractivity (Wildman–Crippen MR) is 134 cm³/mol. The molecule has 0 aliphatic heterocycles. The number of nitro groups is 2. The van der Waals surface area contributed by atoms with E-state index in [1.54, 1.807) is 26.0 Å². The van der Waals surface area contributed by atoms with Gasteiger partial charge in [0.05, 0.1) is 25.9 Å². The molecule has 0 fully saturated rings. The van der Waals surface area contributed by atoms with Crippen molar-refractivity contribution in [3.63, 3.8) is 0 Å². The smallest absolute Gasteiger partial charge is 0.272 e. The fourth-order valence-corrected chi connectivity index (χ4v) is 5.36. The van der Waals surface area contributed by atoms with E-state index in [1.165, 1.54) is 47.2 Å². The second-order valence-corrected chi connectivity index (χ2v) is 9.96. The highest BCUT2D eigenvalue weighted by molar-refractivity contribution is 7.99. The van der Waals surface area contributed by atoms with Crippen LogP contribution in [0.1, 0.15) is 19.4 Å². The molecule has 3 rings (SSSR count). The Hall–Kier alpha value is -3.95. The highest BCUT2D eigenvalue weighted by Gasteiger charge is 2.25. The fraction of sp³-hybridized carbons (Fsp3) is 0.190. The molecule has 0 aliphatic rings. The third-order valence-corrected chi connectivity index (χ3v) is 7.84. The molecule has 0 radical (unpaired) electrons. The van der Waals surface area contributed by atoms with E-state index >= 15 is 0 Å². The number of nitrogens with zero attached hydrogens (tertiary/aromatic N) is 6. The van der Waals surface area contributed by atoms with Crippen LogP contribution in [0.5, 0.6) is 0 Å². The molecule has 3 aromatic rings. The molecule has 1 aromatic heterocycles. The summed E-state index contributed by atoms with van der Waals surface area (Å²) in [7, 11) is -3.89. The Labute approximate surface area is 210 Å². The Morgan fingerprint density at radius 2 is 1.69 bits per heavy atom. The zero-order valence-electron chi connectivity index (χ0n) is 19.1. The first-order chi connectivity index (χ1) is 17.2. The van der Waals surface area contributed by atoms with Gasteiger partial charge in [-0.1, -0.05) is 19.9 Å². The number of benzene rings is 2. The molecule has 13 nitrogen and oxygen atoms in total. The van der Waals surface area contributed by atoms with Gasteiger partial charge in [0.25, 0.3) is 11.4 Å². The van der Waals surface area contributed by atoms with Crippen LogP contribution < -0.4 is 5.43 Å². The van der Waals surface area contributed by atoms with Crippen molar-refractivity contribution in [2.75, 3.05) is 18.5 Å². The Bertz CT molecular complexity index is 1400. The van der Waals surface area contributed by atoms with Crippen molar-refractivity contribution in [2.45, 2.75) is 28.8 Å². The summed E-state index contributed by atoms with van der Waals surface area (Å²) in [5.41, 5.74) is 2.15. The average Bonchev–Trinajstić information content (AvgIpc) is 2.86. The van der Waals surface area contributed by atoms with E-state index in [-0.39, 0.29) is 29.4 Å². The zero-order valence-corrected chi connectivity index (χ0v) is 20.8. The molecule has 1 heterocycles. The van der Waals surface area contributed by atoms with Crippen molar-refractivity contribution < 1.29 is 18.3 Å². The van der Waals surface area contributed by atoms with Crippen molar-refractivity contribution in [2.24, 2.45) is 5.10 Å². The number of hydrogen-bond acceptors (Lipinski definition) is 11. The van der Waals surface area contributed by atoms with Crippen molar-refractivity contribution in [3.8, 4) is 0 Å². The van der Waals surface area contributed by atoms with Crippen LogP contribution >= 0.6 is 11.8 Å². The molecule has 0 amide bonds. The Kier molecular flexibility index (Phi) is 8.63.